The lowest BCUT2D eigenvalue weighted by Crippen LogP contribution is -2.52. The molecule has 0 radical (unpaired) electrons. The molecule has 0 fully saturated rings. The van der Waals surface area contributed by atoms with E-state index in [1.54, 1.807) is 38.1 Å². The number of hydrogen-bond acceptors (Lipinski definition) is 4. The van der Waals surface area contributed by atoms with E-state index >= 15 is 0 Å². The van der Waals surface area contributed by atoms with Crippen LogP contribution in [0.5, 0.6) is 0 Å². The Hall–Kier alpha value is -2.79. The van der Waals surface area contributed by atoms with Crippen molar-refractivity contribution >= 4 is 39.1 Å². The Morgan fingerprint density at radius 3 is 2.29 bits per heavy atom. The van der Waals surface area contributed by atoms with E-state index in [2.05, 4.69) is 5.32 Å². The predicted octanol–water partition coefficient (Wildman–Crippen LogP) is 4.07. The van der Waals surface area contributed by atoms with E-state index in [4.69, 9.17) is 11.6 Å². The monoisotopic (exact) mass is 533 g/mol. The smallest absolute Gasteiger partial charge is 0.355 e. The summed E-state index contributed by atoms with van der Waals surface area (Å²) in [5, 5.41) is 2.99. The normalized spacial score (nSPS) is 12.7. The number of anilines is 1. The van der Waals surface area contributed by atoms with Crippen LogP contribution in [-0.4, -0.2) is 50.5 Å². The third-order valence-electron chi connectivity index (χ3n) is 5.18. The summed E-state index contributed by atoms with van der Waals surface area (Å²) in [6.07, 6.45) is -3.70. The molecule has 1 N–H and O–H groups in total. The van der Waals surface area contributed by atoms with Crippen LogP contribution in [0, 0.1) is 0 Å². The molecule has 192 valence electrons. The summed E-state index contributed by atoms with van der Waals surface area (Å²) < 4.78 is 65.3. The number of likely N-dealkylation sites (N-methyl/N-ethyl adjacent to an activating group) is 1. The first-order valence-electron chi connectivity index (χ1n) is 10.7. The van der Waals surface area contributed by atoms with Gasteiger partial charge in [0.15, 0.2) is 0 Å². The summed E-state index contributed by atoms with van der Waals surface area (Å²) in [5.74, 6) is -1.22. The molecular formula is C23H27ClF3N3O4S. The first-order valence-corrected chi connectivity index (χ1v) is 13.0. The zero-order valence-electron chi connectivity index (χ0n) is 19.5. The Bertz CT molecular complexity index is 1160. The van der Waals surface area contributed by atoms with Crippen LogP contribution in [0.1, 0.15) is 31.4 Å². The maximum Gasteiger partial charge on any atom is 0.416 e. The van der Waals surface area contributed by atoms with Gasteiger partial charge < -0.3 is 10.2 Å². The molecule has 0 saturated heterocycles. The molecule has 2 aromatic carbocycles. The van der Waals surface area contributed by atoms with E-state index in [9.17, 15) is 31.2 Å². The van der Waals surface area contributed by atoms with Crippen LogP contribution < -0.4 is 9.62 Å². The molecule has 0 aliphatic carbocycles. The van der Waals surface area contributed by atoms with Crippen molar-refractivity contribution in [2.45, 2.75) is 39.0 Å². The lowest BCUT2D eigenvalue weighted by molar-refractivity contribution is -0.140. The summed E-state index contributed by atoms with van der Waals surface area (Å²) in [7, 11) is -4.16. The topological polar surface area (TPSA) is 86.8 Å². The molecule has 0 heterocycles. The minimum Gasteiger partial charge on any atom is -0.355 e. The van der Waals surface area contributed by atoms with Crippen LogP contribution in [-0.2, 0) is 32.3 Å². The Labute approximate surface area is 207 Å². The van der Waals surface area contributed by atoms with Crippen molar-refractivity contribution in [3.63, 3.8) is 0 Å². The molecule has 0 aliphatic heterocycles. The van der Waals surface area contributed by atoms with E-state index in [0.29, 0.717) is 27.5 Å². The second kappa shape index (κ2) is 11.8. The maximum atomic E-state index is 13.5. The second-order valence-corrected chi connectivity index (χ2v) is 10.1. The summed E-state index contributed by atoms with van der Waals surface area (Å²) in [5.41, 5.74) is -0.854. The number of hydrogen-bond donors (Lipinski definition) is 1. The number of sulfonamides is 1. The molecule has 0 aliphatic rings. The predicted molar refractivity (Wildman–Crippen MR) is 128 cm³/mol. The minimum atomic E-state index is -4.70. The van der Waals surface area contributed by atoms with Crippen LogP contribution in [0.4, 0.5) is 18.9 Å². The largest absolute Gasteiger partial charge is 0.416 e. The number of benzene rings is 2. The van der Waals surface area contributed by atoms with Crippen LogP contribution >= 0.6 is 11.6 Å². The lowest BCUT2D eigenvalue weighted by Gasteiger charge is -2.33. The van der Waals surface area contributed by atoms with Crippen molar-refractivity contribution in [3.05, 3.63) is 64.7 Å². The fourth-order valence-electron chi connectivity index (χ4n) is 3.47. The highest BCUT2D eigenvalue weighted by molar-refractivity contribution is 7.92. The Morgan fingerprint density at radius 1 is 1.09 bits per heavy atom. The number of carbonyl (C=O) groups excluding carboxylic acids is 2. The van der Waals surface area contributed by atoms with Crippen molar-refractivity contribution in [3.8, 4) is 0 Å². The SMILES string of the molecule is CCNC(=O)C(CC)N(Cc1ccccc1Cl)C(=O)CN(c1cccc(C(F)(F)F)c1)S(C)(=O)=O. The standard InChI is InChI=1S/C23H27ClF3N3O4S/c1-4-20(22(32)28-5-2)29(14-16-9-6-7-12-19(16)24)21(31)15-30(35(3,33)34)18-11-8-10-17(13-18)23(25,26)27/h6-13,20H,4-5,14-15H2,1-3H3,(H,28,32). The number of carbonyl (C=O) groups is 2. The summed E-state index contributed by atoms with van der Waals surface area (Å²) in [4.78, 5) is 27.4. The maximum absolute atomic E-state index is 13.5. The van der Waals surface area contributed by atoms with Gasteiger partial charge in [-0.2, -0.15) is 13.2 Å². The zero-order valence-corrected chi connectivity index (χ0v) is 21.0. The van der Waals surface area contributed by atoms with Crippen LogP contribution in [0.15, 0.2) is 48.5 Å². The number of amides is 2. The third-order valence-corrected chi connectivity index (χ3v) is 6.69. The summed E-state index contributed by atoms with van der Waals surface area (Å²) in [6.45, 7) is 2.80. The van der Waals surface area contributed by atoms with E-state index < -0.39 is 46.2 Å². The van der Waals surface area contributed by atoms with Gasteiger partial charge in [0.1, 0.15) is 12.6 Å². The van der Waals surface area contributed by atoms with Crippen molar-refractivity contribution in [2.75, 3.05) is 23.7 Å². The molecule has 0 spiro atoms. The van der Waals surface area contributed by atoms with Crippen LogP contribution in [0.3, 0.4) is 0 Å². The molecule has 1 atom stereocenters. The van der Waals surface area contributed by atoms with Gasteiger partial charge in [-0.3, -0.25) is 13.9 Å². The molecule has 0 bridgehead atoms. The zero-order chi connectivity index (χ0) is 26.4. The van der Waals surface area contributed by atoms with Gasteiger partial charge in [-0.05, 0) is 43.2 Å². The van der Waals surface area contributed by atoms with Gasteiger partial charge in [0.05, 0.1) is 17.5 Å². The molecule has 0 aromatic heterocycles. The number of rotatable bonds is 10. The van der Waals surface area contributed by atoms with Gasteiger partial charge in [-0.15, -0.1) is 0 Å². The van der Waals surface area contributed by atoms with E-state index in [-0.39, 0.29) is 18.7 Å². The number of nitrogens with zero attached hydrogens (tertiary/aromatic N) is 2. The first-order chi connectivity index (χ1) is 16.3. The molecule has 2 rings (SSSR count). The van der Waals surface area contributed by atoms with Gasteiger partial charge in [0, 0.05) is 18.1 Å². The fourth-order valence-corrected chi connectivity index (χ4v) is 4.51. The van der Waals surface area contributed by atoms with Crippen molar-refractivity contribution < 1.29 is 31.2 Å². The molecule has 2 amide bonds. The highest BCUT2D eigenvalue weighted by Crippen LogP contribution is 2.32. The van der Waals surface area contributed by atoms with Gasteiger partial charge >= 0.3 is 6.18 Å². The third kappa shape index (κ3) is 7.60. The van der Waals surface area contributed by atoms with Gasteiger partial charge in [-0.1, -0.05) is 42.8 Å². The molecule has 12 heteroatoms. The van der Waals surface area contributed by atoms with E-state index in [1.165, 1.54) is 11.0 Å². The van der Waals surface area contributed by atoms with Gasteiger partial charge in [-0.25, -0.2) is 8.42 Å². The molecule has 0 saturated carbocycles. The lowest BCUT2D eigenvalue weighted by atomic mass is 10.1. The van der Waals surface area contributed by atoms with Crippen molar-refractivity contribution in [2.24, 2.45) is 0 Å². The highest BCUT2D eigenvalue weighted by atomic mass is 35.5. The minimum absolute atomic E-state index is 0.103. The van der Waals surface area contributed by atoms with E-state index in [0.717, 1.165) is 18.4 Å². The van der Waals surface area contributed by atoms with E-state index in [1.807, 2.05) is 0 Å². The number of alkyl halides is 3. The average molecular weight is 534 g/mol. The molecule has 2 aromatic rings. The van der Waals surface area contributed by atoms with Crippen LogP contribution in [0.25, 0.3) is 0 Å². The number of nitrogens with one attached hydrogen (secondary N) is 1. The van der Waals surface area contributed by atoms with Gasteiger partial charge in [0.25, 0.3) is 0 Å². The summed E-state index contributed by atoms with van der Waals surface area (Å²) in [6, 6.07) is 9.40. The Kier molecular flexibility index (Phi) is 9.56. The fraction of sp³-hybridized carbons (Fsp3) is 0.391. The quantitative estimate of drug-likeness (QED) is 0.499. The van der Waals surface area contributed by atoms with Gasteiger partial charge in [0.2, 0.25) is 21.8 Å². The first kappa shape index (κ1) is 28.4. The Balaban J connectivity index is 2.50. The van der Waals surface area contributed by atoms with Crippen LogP contribution in [0.2, 0.25) is 5.02 Å². The highest BCUT2D eigenvalue weighted by Gasteiger charge is 2.34. The molecular weight excluding hydrogens is 507 g/mol. The molecule has 1 unspecified atom stereocenters. The average Bonchev–Trinajstić information content (AvgIpc) is 2.77. The Morgan fingerprint density at radius 2 is 1.74 bits per heavy atom. The molecule has 35 heavy (non-hydrogen) atoms. The summed E-state index contributed by atoms with van der Waals surface area (Å²) >= 11 is 6.24. The van der Waals surface area contributed by atoms with Crippen molar-refractivity contribution in [1.82, 2.24) is 10.2 Å². The van der Waals surface area contributed by atoms with Crippen molar-refractivity contribution in [1.29, 1.82) is 0 Å². The second-order valence-electron chi connectivity index (χ2n) is 7.75. The molecule has 7 nitrogen and oxygen atoms in total. The number of halogens is 4.